The molecule has 1 aromatic carbocycles. The molecule has 0 spiro atoms. The van der Waals surface area contributed by atoms with Crippen LogP contribution in [0, 0.1) is 5.92 Å². The molecule has 0 saturated carbocycles. The topological polar surface area (TPSA) is 93.9 Å². The van der Waals surface area contributed by atoms with E-state index in [4.69, 9.17) is 15.2 Å². The largest absolute Gasteiger partial charge is 0.497 e. The molecule has 0 bridgehead atoms. The minimum absolute atomic E-state index is 0.0922. The van der Waals surface area contributed by atoms with Gasteiger partial charge in [-0.3, -0.25) is 9.59 Å². The Balaban J connectivity index is 2.07. The third-order valence-electron chi connectivity index (χ3n) is 5.17. The van der Waals surface area contributed by atoms with Gasteiger partial charge in [0, 0.05) is 43.2 Å². The number of carbonyl (C=O) groups excluding carboxylic acids is 2. The van der Waals surface area contributed by atoms with Gasteiger partial charge >= 0.3 is 0 Å². The maximum absolute atomic E-state index is 12.5. The second kappa shape index (κ2) is 8.40. The molecule has 1 unspecified atom stereocenters. The molecule has 2 amide bonds. The molecule has 7 nitrogen and oxygen atoms in total. The Bertz CT molecular complexity index is 636. The Morgan fingerprint density at radius 2 is 1.81 bits per heavy atom. The van der Waals surface area contributed by atoms with Gasteiger partial charge in [-0.15, -0.1) is 0 Å². The summed E-state index contributed by atoms with van der Waals surface area (Å²) in [5.74, 6) is 0.577. The number of methoxy groups -OCH3 is 2. The van der Waals surface area contributed by atoms with Crippen LogP contribution in [0.25, 0.3) is 0 Å². The van der Waals surface area contributed by atoms with E-state index in [0.717, 1.165) is 12.8 Å². The van der Waals surface area contributed by atoms with Gasteiger partial charge in [0.2, 0.25) is 11.8 Å². The van der Waals surface area contributed by atoms with E-state index in [1.807, 2.05) is 13.8 Å². The number of benzene rings is 1. The van der Waals surface area contributed by atoms with Crippen molar-refractivity contribution in [2.75, 3.05) is 32.2 Å². The first-order valence-electron chi connectivity index (χ1n) is 8.95. The summed E-state index contributed by atoms with van der Waals surface area (Å²) < 4.78 is 10.5. The van der Waals surface area contributed by atoms with E-state index in [9.17, 15) is 9.59 Å². The van der Waals surface area contributed by atoms with E-state index in [1.54, 1.807) is 37.3 Å². The maximum atomic E-state index is 12.5. The molecule has 26 heavy (non-hydrogen) atoms. The fourth-order valence-electron chi connectivity index (χ4n) is 2.99. The molecule has 144 valence electrons. The number of amides is 2. The average molecular weight is 363 g/mol. The highest BCUT2D eigenvalue weighted by atomic mass is 16.5. The fraction of sp³-hybridized carbons (Fsp3) is 0.579. The summed E-state index contributed by atoms with van der Waals surface area (Å²) in [5, 5.41) is 2.91. The van der Waals surface area contributed by atoms with Crippen LogP contribution in [0.3, 0.4) is 0 Å². The van der Waals surface area contributed by atoms with Crippen LogP contribution in [0.5, 0.6) is 11.5 Å². The number of nitrogens with two attached hydrogens (primary N) is 1. The highest BCUT2D eigenvalue weighted by Gasteiger charge is 2.36. The van der Waals surface area contributed by atoms with Crippen LogP contribution in [0.2, 0.25) is 0 Å². The quantitative estimate of drug-likeness (QED) is 0.733. The molecule has 2 rings (SSSR count). The zero-order valence-electron chi connectivity index (χ0n) is 16.0. The van der Waals surface area contributed by atoms with Crippen LogP contribution in [0.4, 0.5) is 5.69 Å². The van der Waals surface area contributed by atoms with Crippen LogP contribution < -0.4 is 25.4 Å². The molecular formula is C19H29N3O4. The number of anilines is 1. The standard InChI is InChI=1S/C19H29N3O4/c1-5-19(20,6-2)12-21-18(24)13-7-17(23)22(11-13)14-8-15(25-3)10-16(9-14)26-4/h8-10,13H,5-7,11-12,20H2,1-4H3,(H,21,24). The van der Waals surface area contributed by atoms with E-state index in [2.05, 4.69) is 5.32 Å². The first-order valence-corrected chi connectivity index (χ1v) is 8.95. The fourth-order valence-corrected chi connectivity index (χ4v) is 2.99. The molecular weight excluding hydrogens is 334 g/mol. The Morgan fingerprint density at radius 3 is 2.31 bits per heavy atom. The Hall–Kier alpha value is -2.28. The zero-order valence-corrected chi connectivity index (χ0v) is 16.0. The Morgan fingerprint density at radius 1 is 1.23 bits per heavy atom. The van der Waals surface area contributed by atoms with Crippen molar-refractivity contribution >= 4 is 17.5 Å². The van der Waals surface area contributed by atoms with Crippen LogP contribution in [0.15, 0.2) is 18.2 Å². The summed E-state index contributed by atoms with van der Waals surface area (Å²) in [7, 11) is 3.11. The van der Waals surface area contributed by atoms with Crippen molar-refractivity contribution in [3.8, 4) is 11.5 Å². The zero-order chi connectivity index (χ0) is 19.3. The van der Waals surface area contributed by atoms with E-state index in [0.29, 0.717) is 30.3 Å². The summed E-state index contributed by atoms with van der Waals surface area (Å²) in [5.41, 5.74) is 6.49. The summed E-state index contributed by atoms with van der Waals surface area (Å²) in [6.45, 7) is 4.76. The van der Waals surface area contributed by atoms with Gasteiger partial charge in [0.25, 0.3) is 0 Å². The molecule has 3 N–H and O–H groups in total. The summed E-state index contributed by atoms with van der Waals surface area (Å²) >= 11 is 0. The monoisotopic (exact) mass is 363 g/mol. The van der Waals surface area contributed by atoms with Crippen molar-refractivity contribution in [1.82, 2.24) is 5.32 Å². The van der Waals surface area contributed by atoms with Gasteiger partial charge in [0.1, 0.15) is 11.5 Å². The number of hydrogen-bond acceptors (Lipinski definition) is 5. The molecule has 7 heteroatoms. The third kappa shape index (κ3) is 4.46. The van der Waals surface area contributed by atoms with Crippen molar-refractivity contribution in [2.45, 2.75) is 38.6 Å². The lowest BCUT2D eigenvalue weighted by Gasteiger charge is -2.27. The van der Waals surface area contributed by atoms with Gasteiger partial charge in [-0.1, -0.05) is 13.8 Å². The number of nitrogens with one attached hydrogen (secondary N) is 1. The SMILES string of the molecule is CCC(N)(CC)CNC(=O)C1CC(=O)N(c2cc(OC)cc(OC)c2)C1. The average Bonchev–Trinajstić information content (AvgIpc) is 3.07. The maximum Gasteiger partial charge on any atom is 0.227 e. The van der Waals surface area contributed by atoms with Crippen molar-refractivity contribution < 1.29 is 19.1 Å². The van der Waals surface area contributed by atoms with Crippen LogP contribution in [-0.4, -0.2) is 44.7 Å². The molecule has 1 aliphatic heterocycles. The molecule has 1 heterocycles. The van der Waals surface area contributed by atoms with E-state index < -0.39 is 11.5 Å². The smallest absolute Gasteiger partial charge is 0.227 e. The number of rotatable bonds is 8. The molecule has 1 aliphatic rings. The summed E-state index contributed by atoms with van der Waals surface area (Å²) in [6.07, 6.45) is 1.74. The van der Waals surface area contributed by atoms with Gasteiger partial charge in [-0.2, -0.15) is 0 Å². The van der Waals surface area contributed by atoms with Gasteiger partial charge in [0.05, 0.1) is 25.8 Å². The van der Waals surface area contributed by atoms with Gasteiger partial charge in [0.15, 0.2) is 0 Å². The van der Waals surface area contributed by atoms with Crippen molar-refractivity contribution in [1.29, 1.82) is 0 Å². The van der Waals surface area contributed by atoms with Crippen molar-refractivity contribution in [2.24, 2.45) is 11.7 Å². The van der Waals surface area contributed by atoms with Crippen LogP contribution in [0.1, 0.15) is 33.1 Å². The second-order valence-corrected chi connectivity index (χ2v) is 6.76. The van der Waals surface area contributed by atoms with Crippen LogP contribution >= 0.6 is 0 Å². The highest BCUT2D eigenvalue weighted by Crippen LogP contribution is 2.32. The molecule has 1 fully saturated rings. The number of hydrogen-bond donors (Lipinski definition) is 2. The molecule has 1 saturated heterocycles. The lowest BCUT2D eigenvalue weighted by molar-refractivity contribution is -0.126. The minimum Gasteiger partial charge on any atom is -0.497 e. The lowest BCUT2D eigenvalue weighted by atomic mass is 9.94. The molecule has 1 aromatic rings. The van der Waals surface area contributed by atoms with Crippen LogP contribution in [-0.2, 0) is 9.59 Å². The van der Waals surface area contributed by atoms with Crippen molar-refractivity contribution in [3.05, 3.63) is 18.2 Å². The van der Waals surface area contributed by atoms with E-state index in [-0.39, 0.29) is 18.2 Å². The van der Waals surface area contributed by atoms with Gasteiger partial charge in [-0.05, 0) is 12.8 Å². The first-order chi connectivity index (χ1) is 12.4. The molecule has 0 aromatic heterocycles. The van der Waals surface area contributed by atoms with Gasteiger partial charge < -0.3 is 25.4 Å². The lowest BCUT2D eigenvalue weighted by Crippen LogP contribution is -2.50. The predicted octanol–water partition coefficient (Wildman–Crippen LogP) is 1.69. The number of carbonyl (C=O) groups is 2. The third-order valence-corrected chi connectivity index (χ3v) is 5.17. The van der Waals surface area contributed by atoms with E-state index in [1.165, 1.54) is 0 Å². The van der Waals surface area contributed by atoms with Gasteiger partial charge in [-0.25, -0.2) is 0 Å². The normalized spacial score (nSPS) is 17.3. The van der Waals surface area contributed by atoms with E-state index >= 15 is 0 Å². The highest BCUT2D eigenvalue weighted by molar-refractivity contribution is 6.00. The Kier molecular flexibility index (Phi) is 6.47. The number of ether oxygens (including phenoxy) is 2. The Labute approximate surface area is 154 Å². The first kappa shape index (κ1) is 20.0. The second-order valence-electron chi connectivity index (χ2n) is 6.76. The molecule has 0 aliphatic carbocycles. The van der Waals surface area contributed by atoms with Crippen molar-refractivity contribution in [3.63, 3.8) is 0 Å². The number of nitrogens with zero attached hydrogens (tertiary/aromatic N) is 1. The molecule has 0 radical (unpaired) electrons. The minimum atomic E-state index is -0.405. The molecule has 1 atom stereocenters. The summed E-state index contributed by atoms with van der Waals surface area (Å²) in [6, 6.07) is 5.27. The predicted molar refractivity (Wildman–Crippen MR) is 101 cm³/mol. The summed E-state index contributed by atoms with van der Waals surface area (Å²) in [4.78, 5) is 26.5.